The molecular formula is C15H11FN4OS2. The maximum absolute atomic E-state index is 13.3. The molecule has 0 saturated heterocycles. The zero-order valence-electron chi connectivity index (χ0n) is 12.1. The molecular weight excluding hydrogens is 335 g/mol. The van der Waals surface area contributed by atoms with E-state index in [0.29, 0.717) is 21.4 Å². The van der Waals surface area contributed by atoms with Gasteiger partial charge in [-0.05, 0) is 29.1 Å². The van der Waals surface area contributed by atoms with Crippen molar-refractivity contribution in [2.45, 2.75) is 10.9 Å². The average molecular weight is 346 g/mol. The summed E-state index contributed by atoms with van der Waals surface area (Å²) in [6.45, 7) is 0. The molecule has 0 spiro atoms. The number of thiophene rings is 1. The molecule has 0 bridgehead atoms. The standard InChI is InChI=1S/C15H11FN4OS2/c1-19-13(21)12-11(5-6-22-12)20-14(19)17-18-15(20)23-8-9-3-2-4-10(16)7-9/h2-7H,8H2,1H3. The van der Waals surface area contributed by atoms with Crippen molar-refractivity contribution in [1.82, 2.24) is 19.2 Å². The molecule has 0 N–H and O–H groups in total. The van der Waals surface area contributed by atoms with Crippen LogP contribution < -0.4 is 5.56 Å². The van der Waals surface area contributed by atoms with Crippen molar-refractivity contribution >= 4 is 39.1 Å². The van der Waals surface area contributed by atoms with Crippen molar-refractivity contribution in [3.05, 3.63) is 57.4 Å². The number of hydrogen-bond donors (Lipinski definition) is 0. The summed E-state index contributed by atoms with van der Waals surface area (Å²) in [6.07, 6.45) is 0. The molecule has 0 amide bonds. The maximum Gasteiger partial charge on any atom is 0.272 e. The number of thioether (sulfide) groups is 1. The third kappa shape index (κ3) is 2.34. The van der Waals surface area contributed by atoms with Crippen LogP contribution in [0, 0.1) is 5.82 Å². The Hall–Kier alpha value is -2.19. The van der Waals surface area contributed by atoms with Gasteiger partial charge in [-0.3, -0.25) is 13.8 Å². The molecule has 8 heteroatoms. The minimum absolute atomic E-state index is 0.0726. The van der Waals surface area contributed by atoms with E-state index in [9.17, 15) is 9.18 Å². The lowest BCUT2D eigenvalue weighted by atomic mass is 10.2. The molecule has 23 heavy (non-hydrogen) atoms. The van der Waals surface area contributed by atoms with Gasteiger partial charge in [-0.1, -0.05) is 23.9 Å². The van der Waals surface area contributed by atoms with Crippen LogP contribution in [-0.4, -0.2) is 19.2 Å². The third-order valence-electron chi connectivity index (χ3n) is 3.56. The van der Waals surface area contributed by atoms with Gasteiger partial charge < -0.3 is 0 Å². The van der Waals surface area contributed by atoms with E-state index in [0.717, 1.165) is 11.1 Å². The summed E-state index contributed by atoms with van der Waals surface area (Å²) < 4.78 is 17.3. The Kier molecular flexibility index (Phi) is 3.42. The Morgan fingerprint density at radius 3 is 3.00 bits per heavy atom. The minimum atomic E-state index is -0.253. The Bertz CT molecular complexity index is 1080. The molecule has 1 aromatic carbocycles. The minimum Gasteiger partial charge on any atom is -0.279 e. The molecule has 116 valence electrons. The molecule has 4 aromatic rings. The summed E-state index contributed by atoms with van der Waals surface area (Å²) in [4.78, 5) is 12.3. The van der Waals surface area contributed by atoms with Crippen LogP contribution in [0.2, 0.25) is 0 Å². The second-order valence-electron chi connectivity index (χ2n) is 5.04. The molecule has 0 unspecified atom stereocenters. The Labute approximate surface area is 138 Å². The smallest absolute Gasteiger partial charge is 0.272 e. The highest BCUT2D eigenvalue weighted by Crippen LogP contribution is 2.26. The van der Waals surface area contributed by atoms with Crippen molar-refractivity contribution in [2.24, 2.45) is 7.05 Å². The van der Waals surface area contributed by atoms with E-state index in [1.807, 2.05) is 21.9 Å². The third-order valence-corrected chi connectivity index (χ3v) is 5.45. The van der Waals surface area contributed by atoms with Crippen LogP contribution in [0.5, 0.6) is 0 Å². The van der Waals surface area contributed by atoms with Crippen molar-refractivity contribution < 1.29 is 4.39 Å². The normalized spacial score (nSPS) is 11.6. The van der Waals surface area contributed by atoms with E-state index in [-0.39, 0.29) is 11.4 Å². The van der Waals surface area contributed by atoms with Crippen LogP contribution in [0.1, 0.15) is 5.56 Å². The predicted molar refractivity (Wildman–Crippen MR) is 89.6 cm³/mol. The molecule has 0 aliphatic carbocycles. The zero-order chi connectivity index (χ0) is 16.0. The first-order valence-electron chi connectivity index (χ1n) is 6.84. The lowest BCUT2D eigenvalue weighted by Gasteiger charge is -2.05. The van der Waals surface area contributed by atoms with Crippen LogP contribution >= 0.6 is 23.1 Å². The number of fused-ring (bicyclic) bond motifs is 3. The molecule has 0 fully saturated rings. The Morgan fingerprint density at radius 1 is 1.30 bits per heavy atom. The Balaban J connectivity index is 1.80. The van der Waals surface area contributed by atoms with E-state index >= 15 is 0 Å². The lowest BCUT2D eigenvalue weighted by molar-refractivity contribution is 0.626. The van der Waals surface area contributed by atoms with Gasteiger partial charge in [-0.2, -0.15) is 0 Å². The first-order chi connectivity index (χ1) is 11.1. The quantitative estimate of drug-likeness (QED) is 0.535. The molecule has 0 atom stereocenters. The van der Waals surface area contributed by atoms with Gasteiger partial charge in [-0.15, -0.1) is 21.5 Å². The highest BCUT2D eigenvalue weighted by atomic mass is 32.2. The lowest BCUT2D eigenvalue weighted by Crippen LogP contribution is -2.18. The van der Waals surface area contributed by atoms with Crippen LogP contribution in [-0.2, 0) is 12.8 Å². The number of benzene rings is 1. The van der Waals surface area contributed by atoms with Crippen molar-refractivity contribution in [3.63, 3.8) is 0 Å². The van der Waals surface area contributed by atoms with Crippen molar-refractivity contribution in [2.75, 3.05) is 0 Å². The van der Waals surface area contributed by atoms with Gasteiger partial charge in [0, 0.05) is 12.8 Å². The molecule has 4 rings (SSSR count). The van der Waals surface area contributed by atoms with Crippen LogP contribution in [0.25, 0.3) is 16.0 Å². The number of aromatic nitrogens is 4. The van der Waals surface area contributed by atoms with E-state index in [1.165, 1.54) is 39.8 Å². The summed E-state index contributed by atoms with van der Waals surface area (Å²) in [5.74, 6) is 0.826. The SMILES string of the molecule is Cn1c(=O)c2sccc2n2c(SCc3cccc(F)c3)nnc12. The highest BCUT2D eigenvalue weighted by Gasteiger charge is 2.15. The highest BCUT2D eigenvalue weighted by molar-refractivity contribution is 7.98. The van der Waals surface area contributed by atoms with E-state index in [4.69, 9.17) is 0 Å². The summed E-state index contributed by atoms with van der Waals surface area (Å²) >= 11 is 2.87. The summed E-state index contributed by atoms with van der Waals surface area (Å²) in [7, 11) is 1.69. The van der Waals surface area contributed by atoms with E-state index < -0.39 is 0 Å². The first kappa shape index (κ1) is 14.4. The predicted octanol–water partition coefficient (Wildman–Crippen LogP) is 3.07. The largest absolute Gasteiger partial charge is 0.279 e. The number of rotatable bonds is 3. The molecule has 5 nitrogen and oxygen atoms in total. The number of nitrogens with zero attached hydrogens (tertiary/aromatic N) is 4. The first-order valence-corrected chi connectivity index (χ1v) is 8.70. The Morgan fingerprint density at radius 2 is 2.17 bits per heavy atom. The number of aryl methyl sites for hydroxylation is 1. The topological polar surface area (TPSA) is 52.2 Å². The van der Waals surface area contributed by atoms with Gasteiger partial charge in [0.1, 0.15) is 10.5 Å². The van der Waals surface area contributed by atoms with Gasteiger partial charge in [0.25, 0.3) is 5.56 Å². The fourth-order valence-electron chi connectivity index (χ4n) is 2.44. The van der Waals surface area contributed by atoms with E-state index in [1.54, 1.807) is 13.1 Å². The molecule has 3 aromatic heterocycles. The number of halogens is 1. The van der Waals surface area contributed by atoms with Gasteiger partial charge >= 0.3 is 0 Å². The summed E-state index contributed by atoms with van der Waals surface area (Å²) in [5, 5.41) is 10.9. The van der Waals surface area contributed by atoms with Gasteiger partial charge in [0.2, 0.25) is 5.78 Å². The summed E-state index contributed by atoms with van der Waals surface area (Å²) in [5.41, 5.74) is 1.61. The zero-order valence-corrected chi connectivity index (χ0v) is 13.7. The summed E-state index contributed by atoms with van der Waals surface area (Å²) in [6, 6.07) is 8.38. The monoisotopic (exact) mass is 346 g/mol. The molecule has 0 aliphatic rings. The van der Waals surface area contributed by atoms with Gasteiger partial charge in [0.05, 0.1) is 5.52 Å². The molecule has 3 heterocycles. The second-order valence-corrected chi connectivity index (χ2v) is 6.89. The fraction of sp³-hybridized carbons (Fsp3) is 0.133. The van der Waals surface area contributed by atoms with Crippen LogP contribution in [0.4, 0.5) is 4.39 Å². The van der Waals surface area contributed by atoms with Crippen molar-refractivity contribution in [3.8, 4) is 0 Å². The average Bonchev–Trinajstić information content (AvgIpc) is 3.17. The molecule has 0 radical (unpaired) electrons. The van der Waals surface area contributed by atoms with Crippen LogP contribution in [0.15, 0.2) is 45.7 Å². The fourth-order valence-corrected chi connectivity index (χ4v) is 4.17. The van der Waals surface area contributed by atoms with Gasteiger partial charge in [-0.25, -0.2) is 4.39 Å². The molecule has 0 aliphatic heterocycles. The van der Waals surface area contributed by atoms with Crippen molar-refractivity contribution in [1.29, 1.82) is 0 Å². The maximum atomic E-state index is 13.3. The number of hydrogen-bond acceptors (Lipinski definition) is 5. The second kappa shape index (κ2) is 5.47. The van der Waals surface area contributed by atoms with Crippen LogP contribution in [0.3, 0.4) is 0 Å². The molecule has 0 saturated carbocycles. The van der Waals surface area contributed by atoms with E-state index in [2.05, 4.69) is 10.2 Å². The van der Waals surface area contributed by atoms with Gasteiger partial charge in [0.15, 0.2) is 5.16 Å².